The predicted molar refractivity (Wildman–Crippen MR) is 64.5 cm³/mol. The van der Waals surface area contributed by atoms with Crippen LogP contribution in [0, 0.1) is 5.92 Å². The Balaban J connectivity index is 1.50. The molecule has 2 bridgehead atoms. The summed E-state index contributed by atoms with van der Waals surface area (Å²) in [4.78, 5) is 4.33. The van der Waals surface area contributed by atoms with Crippen molar-refractivity contribution < 1.29 is 4.74 Å². The van der Waals surface area contributed by atoms with Crippen LogP contribution in [0.5, 0.6) is 0 Å². The van der Waals surface area contributed by atoms with Gasteiger partial charge in [-0.25, -0.2) is 4.98 Å². The number of aromatic nitrogens is 1. The predicted octanol–water partition coefficient (Wildman–Crippen LogP) is 2.36. The van der Waals surface area contributed by atoms with Crippen LogP contribution >= 0.6 is 11.3 Å². The monoisotopic (exact) mass is 238 g/mol. The normalized spacial score (nSPS) is 34.4. The minimum atomic E-state index is 0.366. The second-order valence-electron chi connectivity index (χ2n) is 4.91. The Kier molecular flexibility index (Phi) is 2.96. The van der Waals surface area contributed by atoms with Gasteiger partial charge < -0.3 is 10.1 Å². The van der Waals surface area contributed by atoms with Crippen LogP contribution in [-0.2, 0) is 4.74 Å². The largest absolute Gasteiger partial charge is 0.375 e. The number of hydrogen-bond donors (Lipinski definition) is 1. The summed E-state index contributed by atoms with van der Waals surface area (Å²) in [6.07, 6.45) is 4.89. The fraction of sp³-hybridized carbons (Fsp3) is 0.750. The molecule has 4 heteroatoms. The van der Waals surface area contributed by atoms with E-state index < -0.39 is 0 Å². The van der Waals surface area contributed by atoms with Crippen molar-refractivity contribution in [3.05, 3.63) is 16.6 Å². The van der Waals surface area contributed by atoms with E-state index >= 15 is 0 Å². The molecule has 2 aliphatic rings. The first kappa shape index (κ1) is 10.7. The Morgan fingerprint density at radius 3 is 3.19 bits per heavy atom. The molecule has 0 radical (unpaired) electrons. The van der Waals surface area contributed by atoms with E-state index in [1.807, 2.05) is 5.51 Å². The van der Waals surface area contributed by atoms with Gasteiger partial charge >= 0.3 is 0 Å². The number of rotatable bonds is 4. The van der Waals surface area contributed by atoms with Gasteiger partial charge in [-0.2, -0.15) is 0 Å². The second kappa shape index (κ2) is 4.43. The molecule has 4 atom stereocenters. The van der Waals surface area contributed by atoms with Crippen LogP contribution in [0.3, 0.4) is 0 Å². The average Bonchev–Trinajstić information content (AvgIpc) is 3.01. The zero-order valence-corrected chi connectivity index (χ0v) is 10.4. The molecule has 2 aliphatic heterocycles. The second-order valence-corrected chi connectivity index (χ2v) is 5.63. The van der Waals surface area contributed by atoms with E-state index in [0.29, 0.717) is 18.2 Å². The maximum atomic E-state index is 5.85. The molecular weight excluding hydrogens is 220 g/mol. The van der Waals surface area contributed by atoms with Crippen molar-refractivity contribution in [1.82, 2.24) is 10.3 Å². The number of hydrogen-bond acceptors (Lipinski definition) is 4. The van der Waals surface area contributed by atoms with Crippen molar-refractivity contribution in [3.63, 3.8) is 0 Å². The molecule has 3 heterocycles. The summed E-state index contributed by atoms with van der Waals surface area (Å²) in [5.74, 6) is 0.722. The Morgan fingerprint density at radius 1 is 1.62 bits per heavy atom. The third kappa shape index (κ3) is 2.01. The molecule has 0 spiro atoms. The molecular formula is C12H18N2OS. The lowest BCUT2D eigenvalue weighted by molar-refractivity contribution is 0.0920. The molecule has 3 nitrogen and oxygen atoms in total. The summed E-state index contributed by atoms with van der Waals surface area (Å²) in [6.45, 7) is 3.25. The van der Waals surface area contributed by atoms with Crippen molar-refractivity contribution in [2.24, 2.45) is 5.92 Å². The lowest BCUT2D eigenvalue weighted by atomic mass is 9.89. The van der Waals surface area contributed by atoms with Crippen LogP contribution in [0.2, 0.25) is 0 Å². The van der Waals surface area contributed by atoms with Crippen LogP contribution in [0.4, 0.5) is 0 Å². The molecule has 4 unspecified atom stereocenters. The van der Waals surface area contributed by atoms with Crippen LogP contribution in [0.25, 0.3) is 0 Å². The van der Waals surface area contributed by atoms with Crippen molar-refractivity contribution in [2.45, 2.75) is 44.4 Å². The quantitative estimate of drug-likeness (QED) is 0.874. The molecule has 2 fully saturated rings. The van der Waals surface area contributed by atoms with E-state index in [0.717, 1.165) is 18.2 Å². The van der Waals surface area contributed by atoms with Gasteiger partial charge in [0.15, 0.2) is 0 Å². The molecule has 0 aromatic carbocycles. The van der Waals surface area contributed by atoms with Crippen molar-refractivity contribution in [2.75, 3.05) is 6.54 Å². The minimum absolute atomic E-state index is 0.366. The van der Waals surface area contributed by atoms with E-state index in [9.17, 15) is 0 Å². The SMILES string of the molecule is CC(NCC1CC2CCC1O2)c1cscn1. The van der Waals surface area contributed by atoms with E-state index in [2.05, 4.69) is 22.6 Å². The highest BCUT2D eigenvalue weighted by Crippen LogP contribution is 2.38. The summed E-state index contributed by atoms with van der Waals surface area (Å²) in [7, 11) is 0. The van der Waals surface area contributed by atoms with E-state index in [-0.39, 0.29) is 0 Å². The van der Waals surface area contributed by atoms with Gasteiger partial charge in [-0.05, 0) is 26.2 Å². The molecule has 1 aromatic rings. The van der Waals surface area contributed by atoms with E-state index in [1.165, 1.54) is 19.3 Å². The summed E-state index contributed by atoms with van der Waals surface area (Å²) < 4.78 is 5.85. The molecule has 1 aromatic heterocycles. The molecule has 3 rings (SSSR count). The molecule has 2 saturated heterocycles. The Hall–Kier alpha value is -0.450. The topological polar surface area (TPSA) is 34.1 Å². The minimum Gasteiger partial charge on any atom is -0.375 e. The van der Waals surface area contributed by atoms with Crippen molar-refractivity contribution in [1.29, 1.82) is 0 Å². The third-order valence-electron chi connectivity index (χ3n) is 3.81. The fourth-order valence-corrected chi connectivity index (χ4v) is 3.47. The van der Waals surface area contributed by atoms with Gasteiger partial charge in [0, 0.05) is 23.9 Å². The van der Waals surface area contributed by atoms with Crippen molar-refractivity contribution >= 4 is 11.3 Å². The van der Waals surface area contributed by atoms with Gasteiger partial charge in [0.25, 0.3) is 0 Å². The zero-order chi connectivity index (χ0) is 11.0. The average molecular weight is 238 g/mol. The highest BCUT2D eigenvalue weighted by molar-refractivity contribution is 7.07. The number of ether oxygens (including phenoxy) is 1. The number of nitrogens with one attached hydrogen (secondary N) is 1. The fourth-order valence-electron chi connectivity index (χ4n) is 2.83. The summed E-state index contributed by atoms with van der Waals surface area (Å²) >= 11 is 1.66. The maximum absolute atomic E-state index is 5.85. The Morgan fingerprint density at radius 2 is 2.56 bits per heavy atom. The first-order valence-corrected chi connectivity index (χ1v) is 7.04. The van der Waals surface area contributed by atoms with E-state index in [1.54, 1.807) is 11.3 Å². The Bertz CT molecular complexity index is 341. The molecule has 1 N–H and O–H groups in total. The first-order chi connectivity index (χ1) is 7.83. The molecule has 88 valence electrons. The summed E-state index contributed by atoms with van der Waals surface area (Å²) in [5, 5.41) is 5.70. The Labute approximate surface area is 100 Å². The van der Waals surface area contributed by atoms with E-state index in [4.69, 9.17) is 4.74 Å². The van der Waals surface area contributed by atoms with Gasteiger partial charge in [0.05, 0.1) is 23.4 Å². The third-order valence-corrected chi connectivity index (χ3v) is 4.42. The molecule has 0 aliphatic carbocycles. The lowest BCUT2D eigenvalue weighted by Crippen LogP contribution is -2.31. The van der Waals surface area contributed by atoms with Gasteiger partial charge in [-0.3, -0.25) is 0 Å². The van der Waals surface area contributed by atoms with Crippen LogP contribution in [0.15, 0.2) is 10.9 Å². The molecule has 16 heavy (non-hydrogen) atoms. The highest BCUT2D eigenvalue weighted by atomic mass is 32.1. The zero-order valence-electron chi connectivity index (χ0n) is 9.56. The van der Waals surface area contributed by atoms with Crippen LogP contribution in [0.1, 0.15) is 37.9 Å². The lowest BCUT2D eigenvalue weighted by Gasteiger charge is -2.21. The molecule has 0 saturated carbocycles. The summed E-state index contributed by atoms with van der Waals surface area (Å²) in [5.41, 5.74) is 3.06. The van der Waals surface area contributed by atoms with Crippen LogP contribution < -0.4 is 5.32 Å². The molecule has 0 amide bonds. The number of thiazole rings is 1. The van der Waals surface area contributed by atoms with Gasteiger partial charge in [-0.15, -0.1) is 11.3 Å². The smallest absolute Gasteiger partial charge is 0.0795 e. The highest BCUT2D eigenvalue weighted by Gasteiger charge is 2.40. The summed E-state index contributed by atoms with van der Waals surface area (Å²) in [6, 6.07) is 0.366. The number of nitrogens with zero attached hydrogens (tertiary/aromatic N) is 1. The van der Waals surface area contributed by atoms with Gasteiger partial charge in [0.1, 0.15) is 0 Å². The number of fused-ring (bicyclic) bond motifs is 2. The first-order valence-electron chi connectivity index (χ1n) is 6.10. The van der Waals surface area contributed by atoms with Gasteiger partial charge in [0.2, 0.25) is 0 Å². The standard InChI is InChI=1S/C12H18N2OS/c1-8(11-6-16-7-14-11)13-5-9-4-10-2-3-12(9)15-10/h6-10,12-13H,2-5H2,1H3. The van der Waals surface area contributed by atoms with Crippen molar-refractivity contribution in [3.8, 4) is 0 Å². The van der Waals surface area contributed by atoms with Crippen LogP contribution in [-0.4, -0.2) is 23.7 Å². The maximum Gasteiger partial charge on any atom is 0.0795 e. The van der Waals surface area contributed by atoms with Gasteiger partial charge in [-0.1, -0.05) is 0 Å².